The molecule has 1 fully saturated rings. The molecule has 0 atom stereocenters. The molecule has 0 radical (unpaired) electrons. The van der Waals surface area contributed by atoms with Crippen LogP contribution in [0.25, 0.3) is 0 Å². The first-order valence-corrected chi connectivity index (χ1v) is 18.2. The van der Waals surface area contributed by atoms with Crippen molar-refractivity contribution in [3.8, 4) is 23.0 Å². The zero-order chi connectivity index (χ0) is 36.4. The van der Waals surface area contributed by atoms with E-state index in [-0.39, 0.29) is 78.6 Å². The number of hydrogen-bond acceptors (Lipinski definition) is 11. The Morgan fingerprint density at radius 1 is 0.882 bits per heavy atom. The molecule has 15 nitrogen and oxygen atoms in total. The fraction of sp³-hybridized carbons (Fsp3) is 0.235. The topological polar surface area (TPSA) is 186 Å². The summed E-state index contributed by atoms with van der Waals surface area (Å²) in [5.74, 6) is 0.172. The number of hydrogen-bond donors (Lipinski definition) is 3. The number of methoxy groups -OCH3 is 1. The second kappa shape index (κ2) is 16.8. The lowest BCUT2D eigenvalue weighted by Crippen LogP contribution is -2.50. The number of para-hydroxylation sites is 2. The molecule has 268 valence electrons. The molecule has 0 spiro atoms. The Balaban J connectivity index is 1.50. The second-order valence-corrected chi connectivity index (χ2v) is 13.3. The minimum atomic E-state index is -4.24. The van der Waals surface area contributed by atoms with E-state index in [4.69, 9.17) is 18.9 Å². The predicted octanol–water partition coefficient (Wildman–Crippen LogP) is 5.47. The number of carbonyl (C=O) groups is 3. The molecule has 1 aliphatic heterocycles. The number of pyridine rings is 1. The summed E-state index contributed by atoms with van der Waals surface area (Å²) in [6.45, 7) is -0.0441. The number of sulfonamides is 1. The van der Waals surface area contributed by atoms with Gasteiger partial charge in [0.05, 0.1) is 17.7 Å². The third kappa shape index (κ3) is 9.52. The molecule has 2 heterocycles. The maximum Gasteiger partial charge on any atom is 0.412 e. The fourth-order valence-corrected chi connectivity index (χ4v) is 6.39. The van der Waals surface area contributed by atoms with Crippen molar-refractivity contribution in [1.82, 2.24) is 14.8 Å². The number of benzene rings is 3. The van der Waals surface area contributed by atoms with Gasteiger partial charge >= 0.3 is 12.2 Å². The molecule has 0 unspecified atom stereocenters. The van der Waals surface area contributed by atoms with Crippen LogP contribution in [-0.2, 0) is 14.8 Å². The van der Waals surface area contributed by atoms with Gasteiger partial charge in [0.25, 0.3) is 15.9 Å². The summed E-state index contributed by atoms with van der Waals surface area (Å²) in [5.41, 5.74) is -0.0981. The van der Waals surface area contributed by atoms with Gasteiger partial charge < -0.3 is 33.9 Å². The molecule has 3 amide bonds. The minimum absolute atomic E-state index is 0.0328. The van der Waals surface area contributed by atoms with Crippen molar-refractivity contribution in [1.29, 1.82) is 0 Å². The molecule has 1 saturated heterocycles. The number of rotatable bonds is 13. The fourth-order valence-electron chi connectivity index (χ4n) is 4.93. The Bertz CT molecular complexity index is 1960. The van der Waals surface area contributed by atoms with E-state index in [0.29, 0.717) is 5.75 Å². The smallest absolute Gasteiger partial charge is 0.412 e. The Hall–Kier alpha value is -5.68. The van der Waals surface area contributed by atoms with Crippen molar-refractivity contribution in [2.24, 2.45) is 0 Å². The highest BCUT2D eigenvalue weighted by Crippen LogP contribution is 2.43. The Kier molecular flexibility index (Phi) is 12.1. The number of anilines is 2. The number of thioether (sulfide) groups is 1. The molecule has 0 bridgehead atoms. The standard InChI is InChI=1S/C34H35N5O10S2/c1-46-27-7-3-4-8-28(27)49-31-26(37-51(44,45)25-12-10-24(50-2)11-13-25)21-23(32(40)38-15-17-39(18-16-38)34(42)43)22-29(31)47-19-20-48-33(41)36-30-9-5-6-14-35-30/h3-14,21-22,37H,15-20H2,1-2H3,(H,42,43)(H,35,36,41). The van der Waals surface area contributed by atoms with Crippen molar-refractivity contribution < 1.29 is 46.9 Å². The van der Waals surface area contributed by atoms with Crippen LogP contribution in [0.15, 0.2) is 94.9 Å². The monoisotopic (exact) mass is 737 g/mol. The summed E-state index contributed by atoms with van der Waals surface area (Å²) < 4.78 is 53.0. The van der Waals surface area contributed by atoms with Crippen LogP contribution in [-0.4, -0.2) is 99.2 Å². The summed E-state index contributed by atoms with van der Waals surface area (Å²) >= 11 is 1.45. The van der Waals surface area contributed by atoms with E-state index < -0.39 is 28.1 Å². The van der Waals surface area contributed by atoms with Gasteiger partial charge in [0.1, 0.15) is 19.0 Å². The average molecular weight is 738 g/mol. The van der Waals surface area contributed by atoms with E-state index in [1.54, 1.807) is 54.6 Å². The van der Waals surface area contributed by atoms with Crippen LogP contribution in [0.5, 0.6) is 23.0 Å². The van der Waals surface area contributed by atoms with Gasteiger partial charge in [-0.25, -0.2) is 23.0 Å². The number of carboxylic acid groups (broad SMARTS) is 1. The van der Waals surface area contributed by atoms with Crippen molar-refractivity contribution >= 4 is 51.4 Å². The molecular weight excluding hydrogens is 703 g/mol. The van der Waals surface area contributed by atoms with Gasteiger partial charge in [-0.2, -0.15) is 0 Å². The van der Waals surface area contributed by atoms with Crippen LogP contribution >= 0.6 is 11.8 Å². The molecule has 1 aromatic heterocycles. The number of carbonyl (C=O) groups excluding carboxylic acids is 2. The number of ether oxygens (including phenoxy) is 4. The van der Waals surface area contributed by atoms with Gasteiger partial charge in [0, 0.05) is 42.8 Å². The van der Waals surface area contributed by atoms with Crippen molar-refractivity contribution in [2.75, 3.05) is 62.8 Å². The van der Waals surface area contributed by atoms with Crippen LogP contribution in [0.1, 0.15) is 10.4 Å². The summed E-state index contributed by atoms with van der Waals surface area (Å²) in [7, 11) is -2.80. The molecule has 3 N–H and O–H groups in total. The first kappa shape index (κ1) is 36.6. The van der Waals surface area contributed by atoms with Crippen molar-refractivity contribution in [3.63, 3.8) is 0 Å². The molecule has 1 aliphatic rings. The summed E-state index contributed by atoms with van der Waals surface area (Å²) in [6, 6.07) is 20.6. The molecule has 0 saturated carbocycles. The van der Waals surface area contributed by atoms with Gasteiger partial charge in [-0.3, -0.25) is 14.8 Å². The maximum atomic E-state index is 13.8. The molecule has 51 heavy (non-hydrogen) atoms. The SMILES string of the molecule is COc1ccccc1Oc1c(NS(=O)(=O)c2ccc(SC)cc2)cc(C(=O)N2CCN(C(=O)O)CC2)cc1OCCOC(=O)Nc1ccccn1. The number of nitrogens with one attached hydrogen (secondary N) is 2. The molecule has 0 aliphatic carbocycles. The maximum absolute atomic E-state index is 13.8. The molecule has 3 aromatic carbocycles. The third-order valence-corrected chi connectivity index (χ3v) is 9.63. The number of nitrogens with zero attached hydrogens (tertiary/aromatic N) is 3. The van der Waals surface area contributed by atoms with Crippen LogP contribution < -0.4 is 24.2 Å². The van der Waals surface area contributed by atoms with E-state index in [9.17, 15) is 27.9 Å². The number of piperazine rings is 1. The normalized spacial score (nSPS) is 12.8. The molecule has 5 rings (SSSR count). The van der Waals surface area contributed by atoms with E-state index >= 15 is 0 Å². The molecule has 17 heteroatoms. The van der Waals surface area contributed by atoms with Gasteiger partial charge in [-0.15, -0.1) is 11.8 Å². The molecular formula is C34H35N5O10S2. The highest BCUT2D eigenvalue weighted by atomic mass is 32.2. The second-order valence-electron chi connectivity index (χ2n) is 10.8. The van der Waals surface area contributed by atoms with Crippen molar-refractivity contribution in [2.45, 2.75) is 9.79 Å². The van der Waals surface area contributed by atoms with Gasteiger partial charge in [0.2, 0.25) is 0 Å². The summed E-state index contributed by atoms with van der Waals surface area (Å²) in [6.07, 6.45) is 1.50. The first-order chi connectivity index (χ1) is 24.6. The lowest BCUT2D eigenvalue weighted by molar-refractivity contribution is 0.0624. The average Bonchev–Trinajstić information content (AvgIpc) is 3.14. The zero-order valence-electron chi connectivity index (χ0n) is 27.6. The first-order valence-electron chi connectivity index (χ1n) is 15.5. The van der Waals surface area contributed by atoms with Gasteiger partial charge in [0.15, 0.2) is 23.0 Å². The van der Waals surface area contributed by atoms with E-state index in [1.165, 1.54) is 59.1 Å². The van der Waals surface area contributed by atoms with Crippen LogP contribution in [0.3, 0.4) is 0 Å². The molecule has 4 aromatic rings. The van der Waals surface area contributed by atoms with E-state index in [1.807, 2.05) is 6.26 Å². The van der Waals surface area contributed by atoms with E-state index in [0.717, 1.165) is 4.90 Å². The van der Waals surface area contributed by atoms with Crippen LogP contribution in [0.4, 0.5) is 21.1 Å². The predicted molar refractivity (Wildman–Crippen MR) is 189 cm³/mol. The lowest BCUT2D eigenvalue weighted by atomic mass is 10.1. The Morgan fingerprint density at radius 3 is 2.22 bits per heavy atom. The van der Waals surface area contributed by atoms with E-state index in [2.05, 4.69) is 15.0 Å². The Labute approximate surface area is 298 Å². The van der Waals surface area contributed by atoms with Gasteiger partial charge in [-0.05, 0) is 66.9 Å². The highest BCUT2D eigenvalue weighted by Gasteiger charge is 2.28. The number of aromatic nitrogens is 1. The highest BCUT2D eigenvalue weighted by molar-refractivity contribution is 7.98. The van der Waals surface area contributed by atoms with Crippen LogP contribution in [0, 0.1) is 0 Å². The van der Waals surface area contributed by atoms with Crippen molar-refractivity contribution in [3.05, 3.63) is 90.6 Å². The minimum Gasteiger partial charge on any atom is -0.493 e. The number of amides is 3. The summed E-state index contributed by atoms with van der Waals surface area (Å²) in [4.78, 5) is 45.1. The summed E-state index contributed by atoms with van der Waals surface area (Å²) in [5, 5.41) is 11.9. The third-order valence-electron chi connectivity index (χ3n) is 7.50. The Morgan fingerprint density at radius 2 is 1.57 bits per heavy atom. The van der Waals surface area contributed by atoms with Crippen LogP contribution in [0.2, 0.25) is 0 Å². The largest absolute Gasteiger partial charge is 0.493 e. The van der Waals surface area contributed by atoms with Gasteiger partial charge in [-0.1, -0.05) is 18.2 Å². The zero-order valence-corrected chi connectivity index (χ0v) is 29.2. The quantitative estimate of drug-likeness (QED) is 0.116. The lowest BCUT2D eigenvalue weighted by Gasteiger charge is -2.33.